The van der Waals surface area contributed by atoms with E-state index in [0.717, 1.165) is 39.2 Å². The number of hydrogen-bond donors (Lipinski definition) is 4. The number of hydrogen-bond acceptors (Lipinski definition) is 5. The number of nitrogens with zero attached hydrogens (tertiary/aromatic N) is 2. The number of aliphatic hydroxyl groups is 4. The van der Waals surface area contributed by atoms with Gasteiger partial charge in [0, 0.05) is 19.8 Å². The van der Waals surface area contributed by atoms with Crippen molar-refractivity contribution in [3.05, 3.63) is 143 Å². The molecule has 4 aromatic carbocycles. The van der Waals surface area contributed by atoms with Gasteiger partial charge in [-0.2, -0.15) is 0 Å². The lowest BCUT2D eigenvalue weighted by Crippen LogP contribution is -2.51. The quantitative estimate of drug-likeness (QED) is 0.218. The lowest BCUT2D eigenvalue weighted by Gasteiger charge is -2.30. The van der Waals surface area contributed by atoms with Crippen LogP contribution in [-0.2, 0) is 39.1 Å². The molecule has 0 radical (unpaired) electrons. The van der Waals surface area contributed by atoms with Crippen LogP contribution in [-0.4, -0.2) is 60.0 Å². The fourth-order valence-electron chi connectivity index (χ4n) is 6.00. The minimum atomic E-state index is -1.01. The van der Waals surface area contributed by atoms with E-state index in [1.54, 1.807) is 0 Å². The predicted octanol–water partition coefficient (Wildman–Crippen LogP) is 4.06. The zero-order valence-electron chi connectivity index (χ0n) is 24.1. The van der Waals surface area contributed by atoms with Crippen molar-refractivity contribution in [1.29, 1.82) is 0 Å². The summed E-state index contributed by atoms with van der Waals surface area (Å²) in [4.78, 5) is 2.24. The zero-order valence-corrected chi connectivity index (χ0v) is 24.1. The van der Waals surface area contributed by atoms with Gasteiger partial charge in [-0.3, -0.25) is 9.48 Å². The summed E-state index contributed by atoms with van der Waals surface area (Å²) in [5.41, 5.74) is 6.00. The van der Waals surface area contributed by atoms with Crippen LogP contribution in [0.4, 0.5) is 0 Å². The van der Waals surface area contributed by atoms with Gasteiger partial charge < -0.3 is 20.4 Å². The summed E-state index contributed by atoms with van der Waals surface area (Å²) in [6.07, 6.45) is -0.871. The lowest BCUT2D eigenvalue weighted by atomic mass is 9.90. The van der Waals surface area contributed by atoms with Crippen molar-refractivity contribution in [2.45, 2.75) is 70.4 Å². The topological polar surface area (TPSA) is 87.2 Å². The average molecular weight is 566 g/mol. The Balaban J connectivity index is 1.61. The molecule has 0 saturated heterocycles. The molecule has 6 heteroatoms. The van der Waals surface area contributed by atoms with Gasteiger partial charge >= 0.3 is 0 Å². The van der Waals surface area contributed by atoms with Gasteiger partial charge in [0.25, 0.3) is 0 Å². The van der Waals surface area contributed by atoms with E-state index in [-0.39, 0.29) is 25.3 Å². The van der Waals surface area contributed by atoms with Gasteiger partial charge in [-0.25, -0.2) is 0 Å². The van der Waals surface area contributed by atoms with Crippen molar-refractivity contribution < 1.29 is 25.0 Å². The highest BCUT2D eigenvalue weighted by Crippen LogP contribution is 2.27. The summed E-state index contributed by atoms with van der Waals surface area (Å²) in [5, 5.41) is 43.0. The molecule has 0 aromatic heterocycles. The van der Waals surface area contributed by atoms with Gasteiger partial charge in [-0.05, 0) is 33.4 Å². The van der Waals surface area contributed by atoms with Crippen LogP contribution < -0.4 is 0 Å². The molecule has 0 bridgehead atoms. The van der Waals surface area contributed by atoms with Crippen molar-refractivity contribution in [2.24, 2.45) is 0 Å². The Bertz CT molecular complexity index is 1440. The van der Waals surface area contributed by atoms with Gasteiger partial charge in [-0.15, -0.1) is 0 Å². The highest BCUT2D eigenvalue weighted by atomic mass is 16.3. The minimum Gasteiger partial charge on any atom is -0.392 e. The zero-order chi connectivity index (χ0) is 29.5. The van der Waals surface area contributed by atoms with Gasteiger partial charge in [-0.1, -0.05) is 109 Å². The molecular formula is C36H41N2O4+. The number of amidine groups is 1. The molecule has 6 nitrogen and oxygen atoms in total. The summed E-state index contributed by atoms with van der Waals surface area (Å²) in [6.45, 7) is 3.14. The van der Waals surface area contributed by atoms with Crippen LogP contribution >= 0.6 is 0 Å². The van der Waals surface area contributed by atoms with Crippen LogP contribution in [0.1, 0.15) is 40.3 Å². The standard InChI is InChI=1S/C36H41N2O4/c1-26-37(22-29-12-16-31(24-39)17-13-29)33(20-27-8-4-2-5-9-27)35(41)36(42)34(21-28-10-6-3-7-11-28)38(26)23-30-14-18-32(25-40)19-15-30/h2-19,33-36,39-42H,20-25H2,1H3/q+1. The third-order valence-electron chi connectivity index (χ3n) is 8.46. The first-order chi connectivity index (χ1) is 20.5. The average Bonchev–Trinajstić information content (AvgIpc) is 3.10. The van der Waals surface area contributed by atoms with E-state index in [1.165, 1.54) is 0 Å². The molecule has 5 rings (SSSR count). The van der Waals surface area contributed by atoms with E-state index in [9.17, 15) is 20.4 Å². The maximum atomic E-state index is 11.9. The molecule has 1 aliphatic rings. The Hall–Kier alpha value is -3.81. The number of aliphatic hydroxyl groups excluding tert-OH is 4. The van der Waals surface area contributed by atoms with Crippen molar-refractivity contribution in [3.8, 4) is 0 Å². The maximum Gasteiger partial charge on any atom is 0.244 e. The second kappa shape index (κ2) is 13.9. The molecule has 4 aromatic rings. The number of rotatable bonds is 10. The largest absolute Gasteiger partial charge is 0.392 e. The molecule has 0 spiro atoms. The van der Waals surface area contributed by atoms with Crippen LogP contribution in [0, 0.1) is 0 Å². The summed E-state index contributed by atoms with van der Waals surface area (Å²) in [6, 6.07) is 35.3. The SMILES string of the molecule is CC1=[N+](Cc2ccc(CO)cc2)C(Cc2ccccc2)C(O)C(O)C(Cc2ccccc2)N1Cc1ccc(CO)cc1. The number of benzene rings is 4. The van der Waals surface area contributed by atoms with Crippen molar-refractivity contribution in [3.63, 3.8) is 0 Å². The van der Waals surface area contributed by atoms with Gasteiger partial charge in [0.15, 0.2) is 0 Å². The van der Waals surface area contributed by atoms with E-state index >= 15 is 0 Å². The molecule has 0 aliphatic carbocycles. The normalized spacial score (nSPS) is 20.9. The maximum absolute atomic E-state index is 11.9. The van der Waals surface area contributed by atoms with E-state index in [2.05, 4.69) is 40.7 Å². The summed E-state index contributed by atoms with van der Waals surface area (Å²) in [7, 11) is 0. The molecular weight excluding hydrogens is 524 g/mol. The van der Waals surface area contributed by atoms with Crippen LogP contribution in [0.25, 0.3) is 0 Å². The van der Waals surface area contributed by atoms with Crippen LogP contribution in [0.5, 0.6) is 0 Å². The highest BCUT2D eigenvalue weighted by molar-refractivity contribution is 5.75. The third-order valence-corrected chi connectivity index (χ3v) is 8.46. The molecule has 0 saturated carbocycles. The Labute approximate surface area is 248 Å². The first-order valence-electron chi connectivity index (χ1n) is 14.6. The van der Waals surface area contributed by atoms with Crippen molar-refractivity contribution in [2.75, 3.05) is 0 Å². The second-order valence-corrected chi connectivity index (χ2v) is 11.2. The van der Waals surface area contributed by atoms with E-state index in [0.29, 0.717) is 25.9 Å². The van der Waals surface area contributed by atoms with Gasteiger partial charge in [0.1, 0.15) is 37.4 Å². The summed E-state index contributed by atoms with van der Waals surface area (Å²) >= 11 is 0. The Morgan fingerprint density at radius 2 is 1.05 bits per heavy atom. The van der Waals surface area contributed by atoms with Crippen LogP contribution in [0.2, 0.25) is 0 Å². The second-order valence-electron chi connectivity index (χ2n) is 11.2. The molecule has 1 aliphatic heterocycles. The van der Waals surface area contributed by atoms with E-state index in [4.69, 9.17) is 0 Å². The molecule has 218 valence electrons. The summed E-state index contributed by atoms with van der Waals surface area (Å²) in [5.74, 6) is 0.977. The molecule has 4 N–H and O–H groups in total. The van der Waals surface area contributed by atoms with Gasteiger partial charge in [0.2, 0.25) is 5.84 Å². The Morgan fingerprint density at radius 3 is 1.57 bits per heavy atom. The lowest BCUT2D eigenvalue weighted by molar-refractivity contribution is -0.594. The van der Waals surface area contributed by atoms with Crippen LogP contribution in [0.3, 0.4) is 0 Å². The molecule has 42 heavy (non-hydrogen) atoms. The Kier molecular flexibility index (Phi) is 9.82. The molecule has 1 heterocycles. The highest BCUT2D eigenvalue weighted by Gasteiger charge is 2.46. The third kappa shape index (κ3) is 6.97. The first kappa shape index (κ1) is 29.7. The van der Waals surface area contributed by atoms with E-state index < -0.39 is 12.2 Å². The first-order valence-corrected chi connectivity index (χ1v) is 14.6. The smallest absolute Gasteiger partial charge is 0.244 e. The predicted molar refractivity (Wildman–Crippen MR) is 165 cm³/mol. The van der Waals surface area contributed by atoms with Gasteiger partial charge in [0.05, 0.1) is 13.2 Å². The van der Waals surface area contributed by atoms with E-state index in [1.807, 2.05) is 84.9 Å². The molecule has 0 amide bonds. The minimum absolute atomic E-state index is 0.0132. The fourth-order valence-corrected chi connectivity index (χ4v) is 6.00. The van der Waals surface area contributed by atoms with Crippen molar-refractivity contribution in [1.82, 2.24) is 4.90 Å². The monoisotopic (exact) mass is 565 g/mol. The fraction of sp³-hybridized carbons (Fsp3) is 0.306. The Morgan fingerprint density at radius 1 is 0.571 bits per heavy atom. The summed E-state index contributed by atoms with van der Waals surface area (Å²) < 4.78 is 2.24. The molecule has 4 unspecified atom stereocenters. The van der Waals surface area contributed by atoms with Crippen LogP contribution in [0.15, 0.2) is 109 Å². The molecule has 4 atom stereocenters. The molecule has 0 fully saturated rings. The van der Waals surface area contributed by atoms with Crippen molar-refractivity contribution >= 4 is 5.84 Å².